The number of sulfonamides is 1. The monoisotopic (exact) mass is 298 g/mol. The molecule has 1 aromatic heterocycles. The van der Waals surface area contributed by atoms with Crippen molar-refractivity contribution in [1.29, 1.82) is 0 Å². The van der Waals surface area contributed by atoms with Gasteiger partial charge < -0.3 is 9.84 Å². The SMILES string of the molecule is COc1ccc(NS(=O)(=O)c2ncccc2F)cc1O. The zero-order valence-electron chi connectivity index (χ0n) is 10.4. The molecule has 0 radical (unpaired) electrons. The first-order valence-corrected chi connectivity index (χ1v) is 6.92. The van der Waals surface area contributed by atoms with E-state index in [1.54, 1.807) is 0 Å². The molecule has 1 heterocycles. The van der Waals surface area contributed by atoms with E-state index < -0.39 is 20.9 Å². The van der Waals surface area contributed by atoms with Crippen LogP contribution >= 0.6 is 0 Å². The largest absolute Gasteiger partial charge is 0.504 e. The number of nitrogens with one attached hydrogen (secondary N) is 1. The number of anilines is 1. The van der Waals surface area contributed by atoms with Crippen molar-refractivity contribution in [3.8, 4) is 11.5 Å². The molecule has 2 aromatic rings. The smallest absolute Gasteiger partial charge is 0.282 e. The zero-order chi connectivity index (χ0) is 14.8. The Labute approximate surface area is 114 Å². The second kappa shape index (κ2) is 5.33. The highest BCUT2D eigenvalue weighted by Gasteiger charge is 2.20. The molecule has 0 saturated carbocycles. The van der Waals surface area contributed by atoms with Crippen molar-refractivity contribution in [1.82, 2.24) is 4.98 Å². The van der Waals surface area contributed by atoms with Gasteiger partial charge in [0.2, 0.25) is 5.03 Å². The number of ether oxygens (including phenoxy) is 1. The third-order valence-corrected chi connectivity index (χ3v) is 3.72. The molecule has 2 rings (SSSR count). The van der Waals surface area contributed by atoms with Gasteiger partial charge >= 0.3 is 0 Å². The van der Waals surface area contributed by atoms with Gasteiger partial charge in [-0.1, -0.05) is 0 Å². The number of hydrogen-bond acceptors (Lipinski definition) is 5. The van der Waals surface area contributed by atoms with Gasteiger partial charge in [0.05, 0.1) is 12.8 Å². The van der Waals surface area contributed by atoms with E-state index in [-0.39, 0.29) is 17.2 Å². The van der Waals surface area contributed by atoms with Crippen molar-refractivity contribution in [2.75, 3.05) is 11.8 Å². The highest BCUT2D eigenvalue weighted by atomic mass is 32.2. The molecule has 1 aromatic carbocycles. The van der Waals surface area contributed by atoms with Crippen LogP contribution in [0, 0.1) is 5.82 Å². The molecule has 6 nitrogen and oxygen atoms in total. The summed E-state index contributed by atoms with van der Waals surface area (Å²) in [5.74, 6) is -1.01. The van der Waals surface area contributed by atoms with E-state index >= 15 is 0 Å². The molecular formula is C12H11FN2O4S. The van der Waals surface area contributed by atoms with Crippen molar-refractivity contribution >= 4 is 15.7 Å². The van der Waals surface area contributed by atoms with Crippen molar-refractivity contribution in [3.05, 3.63) is 42.3 Å². The van der Waals surface area contributed by atoms with Gasteiger partial charge in [-0.2, -0.15) is 8.42 Å². The third-order valence-electron chi connectivity index (χ3n) is 2.41. The third kappa shape index (κ3) is 2.80. The normalized spacial score (nSPS) is 11.1. The van der Waals surface area contributed by atoms with Crippen molar-refractivity contribution in [2.45, 2.75) is 5.03 Å². The van der Waals surface area contributed by atoms with Crippen LogP contribution in [-0.4, -0.2) is 25.6 Å². The van der Waals surface area contributed by atoms with Crippen LogP contribution in [0.4, 0.5) is 10.1 Å². The molecule has 2 N–H and O–H groups in total. The molecule has 0 aliphatic carbocycles. The van der Waals surface area contributed by atoms with Gasteiger partial charge in [-0.3, -0.25) is 4.72 Å². The fourth-order valence-corrected chi connectivity index (χ4v) is 2.58. The number of aromatic hydroxyl groups is 1. The Hall–Kier alpha value is -2.35. The summed E-state index contributed by atoms with van der Waals surface area (Å²) >= 11 is 0. The second-order valence-corrected chi connectivity index (χ2v) is 5.38. The Balaban J connectivity index is 2.34. The topological polar surface area (TPSA) is 88.5 Å². The van der Waals surface area contributed by atoms with Crippen LogP contribution in [0.3, 0.4) is 0 Å². The Morgan fingerprint density at radius 1 is 1.35 bits per heavy atom. The lowest BCUT2D eigenvalue weighted by Gasteiger charge is -2.09. The number of benzene rings is 1. The molecule has 0 amide bonds. The minimum Gasteiger partial charge on any atom is -0.504 e. The maximum Gasteiger partial charge on any atom is 0.282 e. The quantitative estimate of drug-likeness (QED) is 0.897. The van der Waals surface area contributed by atoms with Gasteiger partial charge in [0.15, 0.2) is 17.3 Å². The molecule has 8 heteroatoms. The van der Waals surface area contributed by atoms with Crippen LogP contribution < -0.4 is 9.46 Å². The summed E-state index contributed by atoms with van der Waals surface area (Å²) in [7, 11) is -2.81. The molecule has 106 valence electrons. The second-order valence-electron chi connectivity index (χ2n) is 3.78. The Morgan fingerprint density at radius 3 is 2.70 bits per heavy atom. The maximum absolute atomic E-state index is 13.4. The average molecular weight is 298 g/mol. The fraction of sp³-hybridized carbons (Fsp3) is 0.0833. The minimum atomic E-state index is -4.17. The summed E-state index contributed by atoms with van der Waals surface area (Å²) in [6.45, 7) is 0. The number of rotatable bonds is 4. The molecule has 0 saturated heterocycles. The maximum atomic E-state index is 13.4. The number of pyridine rings is 1. The fourth-order valence-electron chi connectivity index (χ4n) is 1.53. The lowest BCUT2D eigenvalue weighted by molar-refractivity contribution is 0.373. The lowest BCUT2D eigenvalue weighted by Crippen LogP contribution is -2.16. The molecule has 0 atom stereocenters. The summed E-state index contributed by atoms with van der Waals surface area (Å²) in [6, 6.07) is 6.18. The predicted octanol–water partition coefficient (Wildman–Crippen LogP) is 1.74. The van der Waals surface area contributed by atoms with Crippen molar-refractivity contribution in [2.24, 2.45) is 0 Å². The number of halogens is 1. The van der Waals surface area contributed by atoms with E-state index in [1.807, 2.05) is 0 Å². The number of methoxy groups -OCH3 is 1. The van der Waals surface area contributed by atoms with Crippen LogP contribution in [0.2, 0.25) is 0 Å². The Morgan fingerprint density at radius 2 is 2.10 bits per heavy atom. The van der Waals surface area contributed by atoms with E-state index in [0.29, 0.717) is 0 Å². The van der Waals surface area contributed by atoms with Crippen molar-refractivity contribution in [3.63, 3.8) is 0 Å². The zero-order valence-corrected chi connectivity index (χ0v) is 11.2. The van der Waals surface area contributed by atoms with Crippen LogP contribution in [0.5, 0.6) is 11.5 Å². The highest BCUT2D eigenvalue weighted by molar-refractivity contribution is 7.92. The summed E-state index contributed by atoms with van der Waals surface area (Å²) in [6.07, 6.45) is 1.17. The first-order chi connectivity index (χ1) is 9.44. The Bertz CT molecular complexity index is 734. The first kappa shape index (κ1) is 14.1. The summed E-state index contributed by atoms with van der Waals surface area (Å²) < 4.78 is 44.3. The number of nitrogens with zero attached hydrogens (tertiary/aromatic N) is 1. The molecule has 0 bridgehead atoms. The van der Waals surface area contributed by atoms with Gasteiger partial charge in [0, 0.05) is 12.3 Å². The summed E-state index contributed by atoms with van der Waals surface area (Å²) in [5.41, 5.74) is 0.0633. The summed E-state index contributed by atoms with van der Waals surface area (Å²) in [4.78, 5) is 3.49. The standard InChI is InChI=1S/C12H11FN2O4S/c1-19-11-5-4-8(7-10(11)16)15-20(17,18)12-9(13)3-2-6-14-12/h2-7,15-16H,1H3. The molecular weight excluding hydrogens is 287 g/mol. The minimum absolute atomic E-state index is 0.0633. The van der Waals surface area contributed by atoms with Crippen LogP contribution in [0.25, 0.3) is 0 Å². The molecule has 0 aliphatic rings. The number of hydrogen-bond donors (Lipinski definition) is 2. The van der Waals surface area contributed by atoms with E-state index in [2.05, 4.69) is 9.71 Å². The first-order valence-electron chi connectivity index (χ1n) is 5.44. The lowest BCUT2D eigenvalue weighted by atomic mass is 10.3. The highest BCUT2D eigenvalue weighted by Crippen LogP contribution is 2.29. The molecule has 0 aliphatic heterocycles. The van der Waals surface area contributed by atoms with E-state index in [4.69, 9.17) is 4.74 Å². The van der Waals surface area contributed by atoms with Crippen LogP contribution in [0.1, 0.15) is 0 Å². The predicted molar refractivity (Wildman–Crippen MR) is 69.7 cm³/mol. The average Bonchev–Trinajstić information content (AvgIpc) is 2.38. The molecule has 0 fully saturated rings. The van der Waals surface area contributed by atoms with Gasteiger partial charge in [0.1, 0.15) is 0 Å². The van der Waals surface area contributed by atoms with E-state index in [0.717, 1.165) is 12.1 Å². The van der Waals surface area contributed by atoms with Crippen molar-refractivity contribution < 1.29 is 22.7 Å². The van der Waals surface area contributed by atoms with Gasteiger partial charge in [0.25, 0.3) is 10.0 Å². The molecule has 20 heavy (non-hydrogen) atoms. The van der Waals surface area contributed by atoms with Gasteiger partial charge in [-0.05, 0) is 24.3 Å². The van der Waals surface area contributed by atoms with Crippen LogP contribution in [0.15, 0.2) is 41.6 Å². The number of phenolic OH excluding ortho intramolecular Hbond substituents is 1. The van der Waals surface area contributed by atoms with E-state index in [9.17, 15) is 17.9 Å². The Kier molecular flexibility index (Phi) is 3.75. The van der Waals surface area contributed by atoms with Crippen LogP contribution in [-0.2, 0) is 10.0 Å². The summed E-state index contributed by atoms with van der Waals surface area (Å²) in [5, 5.41) is 8.85. The molecule has 0 spiro atoms. The number of phenols is 1. The van der Waals surface area contributed by atoms with Gasteiger partial charge in [-0.25, -0.2) is 9.37 Å². The van der Waals surface area contributed by atoms with E-state index in [1.165, 1.54) is 31.5 Å². The number of aromatic nitrogens is 1. The van der Waals surface area contributed by atoms with Gasteiger partial charge in [-0.15, -0.1) is 0 Å². The molecule has 0 unspecified atom stereocenters.